The summed E-state index contributed by atoms with van der Waals surface area (Å²) < 4.78 is 73.7. The van der Waals surface area contributed by atoms with Gasteiger partial charge >= 0.3 is 6.18 Å². The second-order valence-corrected chi connectivity index (χ2v) is 11.2. The van der Waals surface area contributed by atoms with Crippen molar-refractivity contribution in [3.8, 4) is 11.3 Å². The van der Waals surface area contributed by atoms with Crippen molar-refractivity contribution < 1.29 is 40.7 Å². The first kappa shape index (κ1) is 27.4. The molecular formula is C24H28F3N3O6S. The van der Waals surface area contributed by atoms with E-state index in [2.05, 4.69) is 15.4 Å². The quantitative estimate of drug-likeness (QED) is 0.503. The average molecular weight is 544 g/mol. The van der Waals surface area contributed by atoms with Crippen molar-refractivity contribution in [2.24, 2.45) is 0 Å². The van der Waals surface area contributed by atoms with E-state index >= 15 is 0 Å². The van der Waals surface area contributed by atoms with Crippen LogP contribution in [0.25, 0.3) is 11.3 Å². The van der Waals surface area contributed by atoms with Gasteiger partial charge in [-0.3, -0.25) is 14.8 Å². The van der Waals surface area contributed by atoms with E-state index in [0.717, 1.165) is 12.8 Å². The maximum atomic E-state index is 13.7. The molecular weight excluding hydrogens is 515 g/mol. The number of carbonyl (C=O) groups is 1. The Labute approximate surface area is 212 Å². The summed E-state index contributed by atoms with van der Waals surface area (Å²) >= 11 is 0. The molecule has 4 rings (SSSR count). The summed E-state index contributed by atoms with van der Waals surface area (Å²) in [5.74, 6) is -0.769. The highest BCUT2D eigenvalue weighted by molar-refractivity contribution is 7.93. The maximum absolute atomic E-state index is 13.7. The van der Waals surface area contributed by atoms with Crippen LogP contribution in [0.1, 0.15) is 44.2 Å². The van der Waals surface area contributed by atoms with Crippen molar-refractivity contribution in [2.45, 2.75) is 67.1 Å². The number of ether oxygens (including phenoxy) is 2. The molecule has 37 heavy (non-hydrogen) atoms. The molecule has 13 heteroatoms. The zero-order valence-corrected chi connectivity index (χ0v) is 20.8. The summed E-state index contributed by atoms with van der Waals surface area (Å²) in [6.07, 6.45) is -1.28. The molecule has 9 nitrogen and oxygen atoms in total. The highest BCUT2D eigenvalue weighted by Crippen LogP contribution is 2.36. The molecule has 0 spiro atoms. The molecule has 0 aliphatic carbocycles. The van der Waals surface area contributed by atoms with Gasteiger partial charge < -0.3 is 9.47 Å². The Morgan fingerprint density at radius 1 is 1.08 bits per heavy atom. The lowest BCUT2D eigenvalue weighted by Crippen LogP contribution is -2.56. The Bertz CT molecular complexity index is 1160. The van der Waals surface area contributed by atoms with Crippen molar-refractivity contribution >= 4 is 15.7 Å². The number of aryl methyl sites for hydroxylation is 1. The standard InChI is InChI=1S/C24H28F3N3O6S/c25-24(26,27)9-8-18-15-29-20(16-28-18)17-4-6-19(7-5-17)37(32,33)23(10-13-34-14-11-23)22(31)30-36-21-3-1-2-12-35-21/h4-7,15-16,21H,1-3,8-14H2,(H,30,31). The third-order valence-corrected chi connectivity index (χ3v) is 9.00. The Morgan fingerprint density at radius 3 is 2.41 bits per heavy atom. The Hall–Kier alpha value is -2.61. The van der Waals surface area contributed by atoms with E-state index in [4.69, 9.17) is 14.3 Å². The molecule has 1 aromatic heterocycles. The second-order valence-electron chi connectivity index (χ2n) is 8.99. The molecule has 1 unspecified atom stereocenters. The second kappa shape index (κ2) is 11.4. The molecule has 0 bridgehead atoms. The van der Waals surface area contributed by atoms with Crippen molar-refractivity contribution in [3.05, 3.63) is 42.4 Å². The molecule has 2 aliphatic heterocycles. The number of carbonyl (C=O) groups excluding carboxylic acids is 1. The van der Waals surface area contributed by atoms with Crippen LogP contribution in [0.5, 0.6) is 0 Å². The molecule has 202 valence electrons. The number of alkyl halides is 3. The maximum Gasteiger partial charge on any atom is 0.389 e. The minimum absolute atomic E-state index is 0.0390. The van der Waals surface area contributed by atoms with E-state index in [-0.39, 0.29) is 43.1 Å². The van der Waals surface area contributed by atoms with Gasteiger partial charge in [-0.05, 0) is 44.2 Å². The van der Waals surface area contributed by atoms with Gasteiger partial charge in [0, 0.05) is 44.4 Å². The van der Waals surface area contributed by atoms with Gasteiger partial charge in [-0.25, -0.2) is 18.7 Å². The molecule has 3 heterocycles. The van der Waals surface area contributed by atoms with Crippen LogP contribution in [-0.2, 0) is 35.4 Å². The van der Waals surface area contributed by atoms with Gasteiger partial charge in [-0.15, -0.1) is 0 Å². The number of rotatable bonds is 8. The zero-order valence-electron chi connectivity index (χ0n) is 20.0. The topological polar surface area (TPSA) is 117 Å². The first-order valence-corrected chi connectivity index (χ1v) is 13.5. The van der Waals surface area contributed by atoms with E-state index < -0.39 is 39.4 Å². The van der Waals surface area contributed by atoms with Gasteiger partial charge in [0.2, 0.25) is 0 Å². The fourth-order valence-corrected chi connectivity index (χ4v) is 6.20. The van der Waals surface area contributed by atoms with Crippen LogP contribution >= 0.6 is 0 Å². The van der Waals surface area contributed by atoms with Gasteiger partial charge in [0.15, 0.2) is 20.9 Å². The summed E-state index contributed by atoms with van der Waals surface area (Å²) in [5.41, 5.74) is 3.42. The Morgan fingerprint density at radius 2 is 1.81 bits per heavy atom. The molecule has 0 radical (unpaired) electrons. The van der Waals surface area contributed by atoms with Crippen LogP contribution in [-0.4, -0.2) is 61.3 Å². The van der Waals surface area contributed by atoms with Gasteiger partial charge in [-0.1, -0.05) is 12.1 Å². The van der Waals surface area contributed by atoms with Gasteiger partial charge in [0.05, 0.1) is 22.5 Å². The third kappa shape index (κ3) is 6.46. The SMILES string of the molecule is O=C(NOC1CCCCO1)C1(S(=O)(=O)c2ccc(-c3cnc(CCC(F)(F)F)cn3)cc2)CCOCC1. The van der Waals surface area contributed by atoms with Crippen molar-refractivity contribution in [2.75, 3.05) is 19.8 Å². The lowest BCUT2D eigenvalue weighted by atomic mass is 9.98. The monoisotopic (exact) mass is 543 g/mol. The fraction of sp³-hybridized carbons (Fsp3) is 0.542. The van der Waals surface area contributed by atoms with Crippen LogP contribution in [0.4, 0.5) is 13.2 Å². The van der Waals surface area contributed by atoms with E-state index in [1.54, 1.807) is 0 Å². The highest BCUT2D eigenvalue weighted by atomic mass is 32.2. The third-order valence-electron chi connectivity index (χ3n) is 6.48. The Kier molecular flexibility index (Phi) is 8.46. The summed E-state index contributed by atoms with van der Waals surface area (Å²) in [4.78, 5) is 26.7. The van der Waals surface area contributed by atoms with E-state index in [1.807, 2.05) is 0 Å². The molecule has 1 aromatic carbocycles. The van der Waals surface area contributed by atoms with Gasteiger partial charge in [0.25, 0.3) is 5.91 Å². The minimum Gasteiger partial charge on any atom is -0.381 e. The number of hydrogen-bond acceptors (Lipinski definition) is 8. The summed E-state index contributed by atoms with van der Waals surface area (Å²) in [6, 6.07) is 5.78. The number of aromatic nitrogens is 2. The van der Waals surface area contributed by atoms with E-state index in [9.17, 15) is 26.4 Å². The summed E-state index contributed by atoms with van der Waals surface area (Å²) in [6.45, 7) is 0.701. The smallest absolute Gasteiger partial charge is 0.381 e. The summed E-state index contributed by atoms with van der Waals surface area (Å²) in [7, 11) is -4.16. The lowest BCUT2D eigenvalue weighted by molar-refractivity contribution is -0.202. The lowest BCUT2D eigenvalue weighted by Gasteiger charge is -2.35. The first-order valence-electron chi connectivity index (χ1n) is 12.0. The summed E-state index contributed by atoms with van der Waals surface area (Å²) in [5, 5.41) is 0. The fourth-order valence-electron chi connectivity index (χ4n) is 4.27. The number of hydrogen-bond donors (Lipinski definition) is 1. The molecule has 1 amide bonds. The first-order chi connectivity index (χ1) is 17.6. The van der Waals surface area contributed by atoms with Crippen LogP contribution in [0.15, 0.2) is 41.6 Å². The average Bonchev–Trinajstić information content (AvgIpc) is 2.91. The Balaban J connectivity index is 1.50. The predicted molar refractivity (Wildman–Crippen MR) is 125 cm³/mol. The molecule has 0 saturated carbocycles. The van der Waals surface area contributed by atoms with Gasteiger partial charge in [-0.2, -0.15) is 13.2 Å². The van der Waals surface area contributed by atoms with Crippen molar-refractivity contribution in [1.29, 1.82) is 0 Å². The van der Waals surface area contributed by atoms with Crippen LogP contribution < -0.4 is 5.48 Å². The minimum atomic E-state index is -4.28. The van der Waals surface area contributed by atoms with Crippen LogP contribution in [0.2, 0.25) is 0 Å². The molecule has 2 aromatic rings. The number of benzene rings is 1. The molecule has 1 N–H and O–H groups in total. The molecule has 1 atom stereocenters. The molecule has 2 aliphatic rings. The normalized spacial score (nSPS) is 20.4. The number of halogens is 3. The zero-order chi connectivity index (χ0) is 26.5. The van der Waals surface area contributed by atoms with E-state index in [1.165, 1.54) is 36.7 Å². The molecule has 2 fully saturated rings. The number of nitrogens with one attached hydrogen (secondary N) is 1. The predicted octanol–water partition coefficient (Wildman–Crippen LogP) is 3.54. The largest absolute Gasteiger partial charge is 0.389 e. The number of nitrogens with zero attached hydrogens (tertiary/aromatic N) is 2. The number of hydroxylamine groups is 1. The van der Waals surface area contributed by atoms with Crippen LogP contribution in [0.3, 0.4) is 0 Å². The van der Waals surface area contributed by atoms with Crippen molar-refractivity contribution in [3.63, 3.8) is 0 Å². The number of sulfone groups is 1. The molecule has 2 saturated heterocycles. The van der Waals surface area contributed by atoms with E-state index in [0.29, 0.717) is 24.3 Å². The highest BCUT2D eigenvalue weighted by Gasteiger charge is 2.52. The van der Waals surface area contributed by atoms with Gasteiger partial charge in [0.1, 0.15) is 0 Å². The van der Waals surface area contributed by atoms with Crippen molar-refractivity contribution in [1.82, 2.24) is 15.4 Å². The number of amides is 1. The van der Waals surface area contributed by atoms with Crippen LogP contribution in [0, 0.1) is 0 Å².